The Balaban J connectivity index is 3.40. The van der Waals surface area contributed by atoms with Crippen molar-refractivity contribution in [1.82, 2.24) is 5.32 Å². The Morgan fingerprint density at radius 1 is 1.29 bits per heavy atom. The molecule has 17 heavy (non-hydrogen) atoms. The molecule has 0 aliphatic carbocycles. The van der Waals surface area contributed by atoms with Gasteiger partial charge >= 0.3 is 0 Å². The molecule has 1 aromatic carbocycles. The molecule has 1 N–H and O–H groups in total. The van der Waals surface area contributed by atoms with Crippen LogP contribution >= 0.6 is 0 Å². The van der Waals surface area contributed by atoms with Crippen molar-refractivity contribution in [3.63, 3.8) is 0 Å². The van der Waals surface area contributed by atoms with Crippen molar-refractivity contribution in [2.45, 2.75) is 18.7 Å². The third kappa shape index (κ3) is 3.14. The molecular formula is C12H17NO3S. The van der Waals surface area contributed by atoms with Crippen LogP contribution in [0.3, 0.4) is 0 Å². The van der Waals surface area contributed by atoms with Gasteiger partial charge in [-0.1, -0.05) is 0 Å². The van der Waals surface area contributed by atoms with Crippen LogP contribution in [0.4, 0.5) is 0 Å². The Kier molecular flexibility index (Phi) is 4.06. The molecule has 0 atom stereocenters. The molecule has 0 unspecified atom stereocenters. The number of sulfone groups is 1. The smallest absolute Gasteiger partial charge is 0.176 e. The molecular weight excluding hydrogens is 238 g/mol. The van der Waals surface area contributed by atoms with E-state index in [1.807, 2.05) is 6.92 Å². The van der Waals surface area contributed by atoms with Gasteiger partial charge in [-0.2, -0.15) is 0 Å². The first-order valence-electron chi connectivity index (χ1n) is 5.26. The second-order valence-corrected chi connectivity index (χ2v) is 6.15. The van der Waals surface area contributed by atoms with Crippen molar-refractivity contribution in [2.24, 2.45) is 0 Å². The Hall–Kier alpha value is -1.20. The van der Waals surface area contributed by atoms with Gasteiger partial charge in [-0.05, 0) is 44.2 Å². The van der Waals surface area contributed by atoms with Crippen molar-refractivity contribution in [3.05, 3.63) is 28.8 Å². The minimum Gasteiger partial charge on any atom is -0.313 e. The molecule has 0 saturated heterocycles. The van der Waals surface area contributed by atoms with Crippen molar-refractivity contribution in [1.29, 1.82) is 0 Å². The van der Waals surface area contributed by atoms with Crippen LogP contribution in [0, 0.1) is 13.8 Å². The second kappa shape index (κ2) is 4.98. The lowest BCUT2D eigenvalue weighted by Gasteiger charge is -2.10. The van der Waals surface area contributed by atoms with Gasteiger partial charge in [0, 0.05) is 11.8 Å². The monoisotopic (exact) mass is 255 g/mol. The van der Waals surface area contributed by atoms with Gasteiger partial charge in [0.1, 0.15) is 0 Å². The van der Waals surface area contributed by atoms with Crippen LogP contribution < -0.4 is 5.32 Å². The van der Waals surface area contributed by atoms with E-state index in [0.717, 1.165) is 17.4 Å². The van der Waals surface area contributed by atoms with Gasteiger partial charge in [0.2, 0.25) is 0 Å². The van der Waals surface area contributed by atoms with Gasteiger partial charge in [0.25, 0.3) is 0 Å². The number of Topliss-reactive ketones (excluding diaryl/α,β-unsaturated/α-hetero) is 1. The van der Waals surface area contributed by atoms with E-state index in [-0.39, 0.29) is 17.2 Å². The standard InChI is InChI=1S/C12H17NO3S/c1-8-5-10(17(4,15)16)6-11(9(8)2)12(14)7-13-3/h5-6,13H,7H2,1-4H3. The summed E-state index contributed by atoms with van der Waals surface area (Å²) in [4.78, 5) is 12.0. The Bertz CT molecular complexity index is 547. The summed E-state index contributed by atoms with van der Waals surface area (Å²) in [6, 6.07) is 3.05. The van der Waals surface area contributed by atoms with Crippen LogP contribution in [0.15, 0.2) is 17.0 Å². The molecule has 1 aromatic rings. The number of aryl methyl sites for hydroxylation is 1. The summed E-state index contributed by atoms with van der Waals surface area (Å²) in [7, 11) is -1.60. The first-order chi connectivity index (χ1) is 7.77. The molecule has 0 aromatic heterocycles. The fourth-order valence-electron chi connectivity index (χ4n) is 1.59. The lowest BCUT2D eigenvalue weighted by Crippen LogP contribution is -2.20. The van der Waals surface area contributed by atoms with Crippen LogP contribution in [0.5, 0.6) is 0 Å². The van der Waals surface area contributed by atoms with E-state index < -0.39 is 9.84 Å². The van der Waals surface area contributed by atoms with Gasteiger partial charge in [-0.3, -0.25) is 4.79 Å². The number of likely N-dealkylation sites (N-methyl/N-ethyl adjacent to an activating group) is 1. The molecule has 0 radical (unpaired) electrons. The highest BCUT2D eigenvalue weighted by Crippen LogP contribution is 2.20. The van der Waals surface area contributed by atoms with E-state index in [9.17, 15) is 13.2 Å². The predicted molar refractivity (Wildman–Crippen MR) is 67.3 cm³/mol. The van der Waals surface area contributed by atoms with Crippen molar-refractivity contribution >= 4 is 15.6 Å². The third-order valence-electron chi connectivity index (χ3n) is 2.71. The van der Waals surface area contributed by atoms with Crippen LogP contribution in [-0.2, 0) is 9.84 Å². The molecule has 94 valence electrons. The van der Waals surface area contributed by atoms with E-state index in [4.69, 9.17) is 0 Å². The summed E-state index contributed by atoms with van der Waals surface area (Å²) in [5.74, 6) is -0.0985. The Labute approximate surface area is 102 Å². The topological polar surface area (TPSA) is 63.2 Å². The zero-order chi connectivity index (χ0) is 13.2. The van der Waals surface area contributed by atoms with Gasteiger partial charge < -0.3 is 5.32 Å². The maximum Gasteiger partial charge on any atom is 0.176 e. The van der Waals surface area contributed by atoms with E-state index in [1.54, 1.807) is 20.0 Å². The highest BCUT2D eigenvalue weighted by Gasteiger charge is 2.15. The van der Waals surface area contributed by atoms with Crippen LogP contribution in [0.1, 0.15) is 21.5 Å². The highest BCUT2D eigenvalue weighted by molar-refractivity contribution is 7.90. The number of ketones is 1. The minimum atomic E-state index is -3.29. The highest BCUT2D eigenvalue weighted by atomic mass is 32.2. The zero-order valence-corrected chi connectivity index (χ0v) is 11.3. The fraction of sp³-hybridized carbons (Fsp3) is 0.417. The maximum atomic E-state index is 11.8. The molecule has 0 aliphatic rings. The lowest BCUT2D eigenvalue weighted by molar-refractivity contribution is 0.0992. The molecule has 0 spiro atoms. The average Bonchev–Trinajstić information content (AvgIpc) is 2.20. The number of nitrogens with one attached hydrogen (secondary N) is 1. The summed E-state index contributed by atoms with van der Waals surface area (Å²) in [6.45, 7) is 3.83. The number of carbonyl (C=O) groups is 1. The van der Waals surface area contributed by atoms with E-state index in [1.165, 1.54) is 6.07 Å². The number of hydrogen-bond donors (Lipinski definition) is 1. The molecule has 0 amide bonds. The Morgan fingerprint density at radius 2 is 1.88 bits per heavy atom. The van der Waals surface area contributed by atoms with Gasteiger partial charge in [-0.15, -0.1) is 0 Å². The molecule has 5 heteroatoms. The van der Waals surface area contributed by atoms with Crippen molar-refractivity contribution in [3.8, 4) is 0 Å². The fourth-order valence-corrected chi connectivity index (χ4v) is 2.31. The zero-order valence-electron chi connectivity index (χ0n) is 10.5. The summed E-state index contributed by atoms with van der Waals surface area (Å²) in [6.07, 6.45) is 1.14. The summed E-state index contributed by atoms with van der Waals surface area (Å²) < 4.78 is 23.0. The summed E-state index contributed by atoms with van der Waals surface area (Å²) >= 11 is 0. The Morgan fingerprint density at radius 3 is 2.35 bits per heavy atom. The summed E-state index contributed by atoms with van der Waals surface area (Å²) in [5.41, 5.74) is 2.12. The van der Waals surface area contributed by atoms with E-state index in [0.29, 0.717) is 5.56 Å². The molecule has 0 saturated carbocycles. The summed E-state index contributed by atoms with van der Waals surface area (Å²) in [5, 5.41) is 2.77. The molecule has 0 heterocycles. The largest absolute Gasteiger partial charge is 0.313 e. The molecule has 0 aliphatic heterocycles. The molecule has 0 fully saturated rings. The minimum absolute atomic E-state index is 0.0985. The van der Waals surface area contributed by atoms with Crippen LogP contribution in [-0.4, -0.2) is 34.0 Å². The lowest BCUT2D eigenvalue weighted by atomic mass is 10.00. The second-order valence-electron chi connectivity index (χ2n) is 4.14. The van der Waals surface area contributed by atoms with Crippen LogP contribution in [0.25, 0.3) is 0 Å². The normalized spacial score (nSPS) is 11.5. The maximum absolute atomic E-state index is 11.8. The number of carbonyl (C=O) groups excluding carboxylic acids is 1. The van der Waals surface area contributed by atoms with Crippen molar-refractivity contribution in [2.75, 3.05) is 19.8 Å². The van der Waals surface area contributed by atoms with Crippen molar-refractivity contribution < 1.29 is 13.2 Å². The first kappa shape index (κ1) is 13.9. The molecule has 1 rings (SSSR count). The van der Waals surface area contributed by atoms with Crippen LogP contribution in [0.2, 0.25) is 0 Å². The first-order valence-corrected chi connectivity index (χ1v) is 7.15. The average molecular weight is 255 g/mol. The van der Waals surface area contributed by atoms with Gasteiger partial charge in [0.05, 0.1) is 11.4 Å². The van der Waals surface area contributed by atoms with E-state index >= 15 is 0 Å². The molecule has 0 bridgehead atoms. The SMILES string of the molecule is CNCC(=O)c1cc(S(C)(=O)=O)cc(C)c1C. The quantitative estimate of drug-likeness (QED) is 0.819. The molecule has 4 nitrogen and oxygen atoms in total. The third-order valence-corrected chi connectivity index (χ3v) is 3.80. The predicted octanol–water partition coefficient (Wildman–Crippen LogP) is 1.11. The van der Waals surface area contributed by atoms with Gasteiger partial charge in [-0.25, -0.2) is 8.42 Å². The van der Waals surface area contributed by atoms with E-state index in [2.05, 4.69) is 5.32 Å². The number of benzene rings is 1. The van der Waals surface area contributed by atoms with Gasteiger partial charge in [0.15, 0.2) is 15.6 Å². The number of rotatable bonds is 4. The number of hydrogen-bond acceptors (Lipinski definition) is 4.